The molecular formula is C15H16N6O2S. The number of nitrogens with two attached hydrogens (primary N) is 2. The Kier molecular flexibility index (Phi) is 4.04. The van der Waals surface area contributed by atoms with Gasteiger partial charge >= 0.3 is 0 Å². The number of nitrogen functional groups attached to an aromatic ring is 2. The van der Waals surface area contributed by atoms with Crippen molar-refractivity contribution in [2.24, 2.45) is 0 Å². The molecule has 3 aromatic rings. The van der Waals surface area contributed by atoms with Crippen molar-refractivity contribution in [3.05, 3.63) is 41.7 Å². The Balaban J connectivity index is 1.78. The second-order valence-electron chi connectivity index (χ2n) is 5.28. The topological polar surface area (TPSA) is 141 Å². The Labute approximate surface area is 138 Å². The molecule has 0 bridgehead atoms. The summed E-state index contributed by atoms with van der Waals surface area (Å²) in [6.07, 6.45) is 2.95. The third-order valence-electron chi connectivity index (χ3n) is 3.46. The fourth-order valence-electron chi connectivity index (χ4n) is 2.24. The van der Waals surface area contributed by atoms with E-state index in [0.29, 0.717) is 28.9 Å². The van der Waals surface area contributed by atoms with E-state index in [1.54, 1.807) is 30.5 Å². The monoisotopic (exact) mass is 344 g/mol. The minimum atomic E-state index is -3.18. The van der Waals surface area contributed by atoms with Crippen molar-refractivity contribution in [3.8, 4) is 0 Å². The zero-order valence-corrected chi connectivity index (χ0v) is 13.5. The number of aryl methyl sites for hydroxylation is 2. The molecule has 0 saturated carbocycles. The lowest BCUT2D eigenvalue weighted by molar-refractivity contribution is 0.560. The number of hydrogen-bond acceptors (Lipinski definition) is 7. The lowest BCUT2D eigenvalue weighted by Gasteiger charge is -2.06. The van der Waals surface area contributed by atoms with Gasteiger partial charge in [-0.1, -0.05) is 12.1 Å². The van der Waals surface area contributed by atoms with Crippen LogP contribution in [0.4, 0.5) is 11.8 Å². The number of rotatable bonds is 4. The normalized spacial score (nSPS) is 13.7. The third-order valence-corrected chi connectivity index (χ3v) is 4.47. The quantitative estimate of drug-likeness (QED) is 0.593. The van der Waals surface area contributed by atoms with E-state index < -0.39 is 9.80 Å². The lowest BCUT2D eigenvalue weighted by Crippen LogP contribution is -2.05. The number of benzene rings is 1. The molecule has 24 heavy (non-hydrogen) atoms. The summed E-state index contributed by atoms with van der Waals surface area (Å²) in [5.74, 6) is 3.50. The second-order valence-corrected chi connectivity index (χ2v) is 7.04. The van der Waals surface area contributed by atoms with Crippen LogP contribution in [0, 0.1) is 0 Å². The molecule has 124 valence electrons. The summed E-state index contributed by atoms with van der Waals surface area (Å²) < 4.78 is 20.9. The van der Waals surface area contributed by atoms with E-state index in [1.165, 1.54) is 0 Å². The van der Waals surface area contributed by atoms with Crippen LogP contribution in [0.15, 0.2) is 35.4 Å². The number of hydrogen-bond donors (Lipinski definition) is 3. The summed E-state index contributed by atoms with van der Waals surface area (Å²) in [4.78, 5) is 16.8. The Morgan fingerprint density at radius 3 is 2.46 bits per heavy atom. The average Bonchev–Trinajstić information content (AvgIpc) is 2.52. The number of aromatic nitrogens is 4. The first-order valence-electron chi connectivity index (χ1n) is 7.06. The van der Waals surface area contributed by atoms with Gasteiger partial charge in [-0.15, -0.1) is 0 Å². The highest BCUT2D eigenvalue weighted by Crippen LogP contribution is 2.16. The largest absolute Gasteiger partial charge is 0.382 e. The molecule has 0 amide bonds. The Morgan fingerprint density at radius 2 is 1.79 bits per heavy atom. The van der Waals surface area contributed by atoms with Crippen molar-refractivity contribution >= 4 is 38.6 Å². The highest BCUT2D eigenvalue weighted by atomic mass is 32.2. The van der Waals surface area contributed by atoms with Crippen molar-refractivity contribution < 1.29 is 8.76 Å². The third kappa shape index (κ3) is 3.42. The Hall–Kier alpha value is -2.78. The minimum Gasteiger partial charge on any atom is -0.382 e. The van der Waals surface area contributed by atoms with Crippen molar-refractivity contribution in [1.82, 2.24) is 19.9 Å². The predicted molar refractivity (Wildman–Crippen MR) is 94.0 cm³/mol. The summed E-state index contributed by atoms with van der Waals surface area (Å²) >= 11 is 0. The van der Waals surface area contributed by atoms with Gasteiger partial charge in [-0.3, -0.25) is 0 Å². The smallest absolute Gasteiger partial charge is 0.224 e. The molecule has 0 aliphatic heterocycles. The van der Waals surface area contributed by atoms with Crippen molar-refractivity contribution in [3.63, 3.8) is 0 Å². The maximum Gasteiger partial charge on any atom is 0.224 e. The Morgan fingerprint density at radius 1 is 1.08 bits per heavy atom. The molecule has 0 radical (unpaired) electrons. The van der Waals surface area contributed by atoms with E-state index >= 15 is 0 Å². The van der Waals surface area contributed by atoms with Crippen molar-refractivity contribution in [2.75, 3.05) is 11.5 Å². The van der Waals surface area contributed by atoms with Crippen LogP contribution in [0.5, 0.6) is 0 Å². The van der Waals surface area contributed by atoms with Gasteiger partial charge in [-0.2, -0.15) is 9.97 Å². The molecule has 1 atom stereocenters. The zero-order valence-electron chi connectivity index (χ0n) is 12.7. The van der Waals surface area contributed by atoms with E-state index in [-0.39, 0.29) is 11.8 Å². The van der Waals surface area contributed by atoms with Crippen molar-refractivity contribution in [1.29, 1.82) is 0 Å². The molecule has 0 fully saturated rings. The highest BCUT2D eigenvalue weighted by molar-refractivity contribution is 7.95. The van der Waals surface area contributed by atoms with Gasteiger partial charge in [0, 0.05) is 0 Å². The van der Waals surface area contributed by atoms with Crippen LogP contribution in [0.25, 0.3) is 11.2 Å². The molecule has 0 aliphatic carbocycles. The Bertz CT molecular complexity index is 1000. The summed E-state index contributed by atoms with van der Waals surface area (Å²) in [6, 6.07) is 6.79. The maximum atomic E-state index is 11.5. The first-order valence-corrected chi connectivity index (χ1v) is 8.74. The van der Waals surface area contributed by atoms with Gasteiger partial charge in [0.05, 0.1) is 16.8 Å². The first-order chi connectivity index (χ1) is 11.3. The van der Waals surface area contributed by atoms with Crippen LogP contribution in [-0.4, -0.2) is 34.6 Å². The van der Waals surface area contributed by atoms with Crippen LogP contribution in [0.2, 0.25) is 0 Å². The number of anilines is 2. The van der Waals surface area contributed by atoms with Gasteiger partial charge in [0.1, 0.15) is 9.80 Å². The minimum absolute atomic E-state index is 0.0630. The highest BCUT2D eigenvalue weighted by Gasteiger charge is 2.08. The SMILES string of the molecule is C=S(=O)(O)c1ccc(CCc2cnc3nc(N)nc(N)c3n2)cc1. The first kappa shape index (κ1) is 16.1. The summed E-state index contributed by atoms with van der Waals surface area (Å²) in [5.41, 5.74) is 13.9. The number of fused-ring (bicyclic) bond motifs is 1. The average molecular weight is 344 g/mol. The van der Waals surface area contributed by atoms with Crippen LogP contribution < -0.4 is 11.5 Å². The molecule has 0 aliphatic rings. The molecule has 1 unspecified atom stereocenters. The van der Waals surface area contributed by atoms with Crippen LogP contribution in [0.3, 0.4) is 0 Å². The van der Waals surface area contributed by atoms with E-state index in [1.807, 2.05) is 0 Å². The molecule has 8 nitrogen and oxygen atoms in total. The van der Waals surface area contributed by atoms with Gasteiger partial charge in [0.25, 0.3) is 0 Å². The van der Waals surface area contributed by atoms with Gasteiger partial charge in [-0.25, -0.2) is 14.2 Å². The fourth-order valence-corrected chi connectivity index (χ4v) is 2.81. The van der Waals surface area contributed by atoms with Gasteiger partial charge < -0.3 is 16.0 Å². The molecule has 5 N–H and O–H groups in total. The summed E-state index contributed by atoms with van der Waals surface area (Å²) in [5, 5.41) is 0. The maximum absolute atomic E-state index is 11.5. The number of nitrogens with zero attached hydrogens (tertiary/aromatic N) is 4. The molecule has 0 saturated heterocycles. The van der Waals surface area contributed by atoms with Crippen LogP contribution >= 0.6 is 0 Å². The molecule has 9 heteroatoms. The van der Waals surface area contributed by atoms with E-state index in [9.17, 15) is 8.76 Å². The fraction of sp³-hybridized carbons (Fsp3) is 0.133. The van der Waals surface area contributed by atoms with Crippen molar-refractivity contribution in [2.45, 2.75) is 17.7 Å². The summed E-state index contributed by atoms with van der Waals surface area (Å²) in [7, 11) is -3.18. The predicted octanol–water partition coefficient (Wildman–Crippen LogP) is 0.918. The lowest BCUT2D eigenvalue weighted by atomic mass is 10.1. The molecular weight excluding hydrogens is 328 g/mol. The van der Waals surface area contributed by atoms with Gasteiger partial charge in [0.2, 0.25) is 5.95 Å². The van der Waals surface area contributed by atoms with E-state index in [4.69, 9.17) is 11.5 Å². The van der Waals surface area contributed by atoms with Gasteiger partial charge in [-0.05, 0) is 36.4 Å². The molecule has 3 rings (SSSR count). The molecule has 2 aromatic heterocycles. The molecule has 1 aromatic carbocycles. The second kappa shape index (κ2) is 6.02. The summed E-state index contributed by atoms with van der Waals surface area (Å²) in [6.45, 7) is 0. The molecule has 0 spiro atoms. The zero-order chi connectivity index (χ0) is 17.3. The van der Waals surface area contributed by atoms with Crippen LogP contribution in [0.1, 0.15) is 11.3 Å². The molecule has 2 heterocycles. The van der Waals surface area contributed by atoms with E-state index in [0.717, 1.165) is 11.3 Å². The van der Waals surface area contributed by atoms with Gasteiger partial charge in [0.15, 0.2) is 17.0 Å². The van der Waals surface area contributed by atoms with Crippen LogP contribution in [-0.2, 0) is 22.6 Å². The van der Waals surface area contributed by atoms with E-state index in [2.05, 4.69) is 25.8 Å². The standard InChI is InChI=1S/C15H16N6O2S/c1-24(22,23)11-6-3-9(4-7-11)2-5-10-8-18-14-12(19-10)13(16)20-15(17)21-14/h3-4,6-8H,1-2,5H2,(H,22,23)(H4,16,17,18,20,21).